The molecule has 0 bridgehead atoms. The van der Waals surface area contributed by atoms with Gasteiger partial charge in [-0.3, -0.25) is 0 Å². The number of ether oxygens (including phenoxy) is 1. The molecule has 1 rings (SSSR count). The standard InChI is InChI=1S/C11H18F3NO2/c1-10(2,11(12,13)14)8-17-9(16)15-6-4-3-5-7-15/h3-8H2,1-2H3. The summed E-state index contributed by atoms with van der Waals surface area (Å²) in [5.41, 5.74) is -2.00. The summed E-state index contributed by atoms with van der Waals surface area (Å²) in [6, 6.07) is 0. The molecule has 1 heterocycles. The molecule has 6 heteroatoms. The second-order valence-electron chi connectivity index (χ2n) is 4.98. The minimum Gasteiger partial charge on any atom is -0.448 e. The molecule has 1 fully saturated rings. The summed E-state index contributed by atoms with van der Waals surface area (Å²) in [5, 5.41) is 0. The van der Waals surface area contributed by atoms with Crippen LogP contribution in [0.1, 0.15) is 33.1 Å². The highest BCUT2D eigenvalue weighted by molar-refractivity contribution is 5.67. The Hall–Kier alpha value is -0.940. The predicted octanol–water partition coefficient (Wildman–Crippen LogP) is 3.20. The third-order valence-electron chi connectivity index (χ3n) is 2.94. The molecule has 0 unspecified atom stereocenters. The van der Waals surface area contributed by atoms with Crippen LogP contribution in [0.2, 0.25) is 0 Å². The van der Waals surface area contributed by atoms with E-state index in [-0.39, 0.29) is 0 Å². The molecule has 0 saturated carbocycles. The maximum Gasteiger partial charge on any atom is 0.409 e. The van der Waals surface area contributed by atoms with Gasteiger partial charge in [0, 0.05) is 13.1 Å². The van der Waals surface area contributed by atoms with E-state index >= 15 is 0 Å². The number of amides is 1. The molecule has 17 heavy (non-hydrogen) atoms. The number of halogens is 3. The van der Waals surface area contributed by atoms with Crippen LogP contribution >= 0.6 is 0 Å². The van der Waals surface area contributed by atoms with Gasteiger partial charge in [-0.1, -0.05) is 0 Å². The minimum absolute atomic E-state index is 0.575. The average molecular weight is 253 g/mol. The van der Waals surface area contributed by atoms with E-state index in [0.717, 1.165) is 33.1 Å². The molecule has 1 aliphatic heterocycles. The molecule has 0 N–H and O–H groups in total. The Bertz CT molecular complexity index is 270. The molecule has 0 atom stereocenters. The van der Waals surface area contributed by atoms with E-state index in [1.165, 1.54) is 4.90 Å². The lowest BCUT2D eigenvalue weighted by Crippen LogP contribution is -2.41. The van der Waals surface area contributed by atoms with Crippen molar-refractivity contribution < 1.29 is 22.7 Å². The van der Waals surface area contributed by atoms with E-state index in [9.17, 15) is 18.0 Å². The van der Waals surface area contributed by atoms with Crippen LogP contribution in [0.4, 0.5) is 18.0 Å². The highest BCUT2D eigenvalue weighted by Gasteiger charge is 2.48. The van der Waals surface area contributed by atoms with E-state index in [4.69, 9.17) is 4.74 Å². The number of piperidine rings is 1. The van der Waals surface area contributed by atoms with Crippen LogP contribution in [-0.4, -0.2) is 36.9 Å². The highest BCUT2D eigenvalue weighted by atomic mass is 19.4. The molecule has 1 saturated heterocycles. The number of rotatable bonds is 2. The predicted molar refractivity (Wildman–Crippen MR) is 56.6 cm³/mol. The van der Waals surface area contributed by atoms with E-state index in [2.05, 4.69) is 0 Å². The van der Waals surface area contributed by atoms with Crippen LogP contribution in [-0.2, 0) is 4.74 Å². The zero-order valence-electron chi connectivity index (χ0n) is 10.1. The molecule has 0 aromatic heterocycles. The number of hydrogen-bond acceptors (Lipinski definition) is 2. The zero-order chi connectivity index (χ0) is 13.1. The van der Waals surface area contributed by atoms with Crippen LogP contribution < -0.4 is 0 Å². The van der Waals surface area contributed by atoms with Crippen LogP contribution in [0.25, 0.3) is 0 Å². The third-order valence-corrected chi connectivity index (χ3v) is 2.94. The SMILES string of the molecule is CC(C)(COC(=O)N1CCCCC1)C(F)(F)F. The topological polar surface area (TPSA) is 29.5 Å². The van der Waals surface area contributed by atoms with Gasteiger partial charge in [-0.05, 0) is 33.1 Å². The lowest BCUT2D eigenvalue weighted by atomic mass is 9.94. The first-order chi connectivity index (χ1) is 7.74. The summed E-state index contributed by atoms with van der Waals surface area (Å²) >= 11 is 0. The van der Waals surface area contributed by atoms with E-state index in [1.54, 1.807) is 0 Å². The van der Waals surface area contributed by atoms with E-state index < -0.39 is 24.3 Å². The molecule has 0 aromatic carbocycles. The summed E-state index contributed by atoms with van der Waals surface area (Å²) in [5.74, 6) is 0. The monoisotopic (exact) mass is 253 g/mol. The van der Waals surface area contributed by atoms with Gasteiger partial charge in [0.05, 0.1) is 5.41 Å². The quantitative estimate of drug-likeness (QED) is 0.756. The first-order valence-corrected chi connectivity index (χ1v) is 5.72. The zero-order valence-corrected chi connectivity index (χ0v) is 10.1. The van der Waals surface area contributed by atoms with Crippen molar-refractivity contribution in [1.29, 1.82) is 0 Å². The van der Waals surface area contributed by atoms with Crippen LogP contribution in [0, 0.1) is 5.41 Å². The van der Waals surface area contributed by atoms with Gasteiger partial charge in [-0.15, -0.1) is 0 Å². The fourth-order valence-corrected chi connectivity index (χ4v) is 1.49. The molecule has 1 amide bonds. The maximum absolute atomic E-state index is 12.5. The Morgan fingerprint density at radius 2 is 1.71 bits per heavy atom. The molecule has 0 spiro atoms. The minimum atomic E-state index is -4.37. The Morgan fingerprint density at radius 3 is 2.18 bits per heavy atom. The second-order valence-corrected chi connectivity index (χ2v) is 4.98. The average Bonchev–Trinajstić information content (AvgIpc) is 2.25. The van der Waals surface area contributed by atoms with Gasteiger partial charge in [-0.2, -0.15) is 13.2 Å². The number of likely N-dealkylation sites (tertiary alicyclic amines) is 1. The number of carbonyl (C=O) groups is 1. The summed E-state index contributed by atoms with van der Waals surface area (Å²) < 4.78 is 42.3. The Labute approximate surface area is 98.9 Å². The summed E-state index contributed by atoms with van der Waals surface area (Å²) in [7, 11) is 0. The maximum atomic E-state index is 12.5. The molecule has 1 aliphatic rings. The molecule has 3 nitrogen and oxygen atoms in total. The van der Waals surface area contributed by atoms with Gasteiger partial charge in [0.2, 0.25) is 0 Å². The fraction of sp³-hybridized carbons (Fsp3) is 0.909. The molecule has 0 radical (unpaired) electrons. The first kappa shape index (κ1) is 14.1. The van der Waals surface area contributed by atoms with Gasteiger partial charge in [0.15, 0.2) is 0 Å². The normalized spacial score (nSPS) is 18.1. The second kappa shape index (κ2) is 5.14. The molecule has 0 aliphatic carbocycles. The van der Waals surface area contributed by atoms with Crippen LogP contribution in [0.15, 0.2) is 0 Å². The van der Waals surface area contributed by atoms with Crippen molar-refractivity contribution >= 4 is 6.09 Å². The number of alkyl halides is 3. The molecular formula is C11H18F3NO2. The molecular weight excluding hydrogens is 235 g/mol. The highest BCUT2D eigenvalue weighted by Crippen LogP contribution is 2.37. The van der Waals surface area contributed by atoms with Crippen LogP contribution in [0.5, 0.6) is 0 Å². The summed E-state index contributed by atoms with van der Waals surface area (Å²) in [4.78, 5) is 13.0. The summed E-state index contributed by atoms with van der Waals surface area (Å²) in [6.07, 6.45) is -2.18. The van der Waals surface area contributed by atoms with E-state index in [0.29, 0.717) is 13.1 Å². The van der Waals surface area contributed by atoms with Crippen molar-refractivity contribution in [2.24, 2.45) is 5.41 Å². The van der Waals surface area contributed by atoms with Crippen molar-refractivity contribution in [2.45, 2.75) is 39.3 Å². The molecule has 100 valence electrons. The number of hydrogen-bond donors (Lipinski definition) is 0. The van der Waals surface area contributed by atoms with Crippen molar-refractivity contribution in [3.63, 3.8) is 0 Å². The Kier molecular flexibility index (Phi) is 4.27. The Morgan fingerprint density at radius 1 is 1.18 bits per heavy atom. The first-order valence-electron chi connectivity index (χ1n) is 5.72. The van der Waals surface area contributed by atoms with Crippen LogP contribution in [0.3, 0.4) is 0 Å². The van der Waals surface area contributed by atoms with Gasteiger partial charge in [-0.25, -0.2) is 4.79 Å². The van der Waals surface area contributed by atoms with Gasteiger partial charge >= 0.3 is 12.3 Å². The third kappa shape index (κ3) is 3.78. The van der Waals surface area contributed by atoms with Gasteiger partial charge < -0.3 is 9.64 Å². The fourth-order valence-electron chi connectivity index (χ4n) is 1.49. The van der Waals surface area contributed by atoms with Crippen molar-refractivity contribution in [3.05, 3.63) is 0 Å². The summed E-state index contributed by atoms with van der Waals surface area (Å²) in [6.45, 7) is 2.56. The van der Waals surface area contributed by atoms with Crippen molar-refractivity contribution in [3.8, 4) is 0 Å². The van der Waals surface area contributed by atoms with Gasteiger partial charge in [0.1, 0.15) is 6.61 Å². The van der Waals surface area contributed by atoms with Gasteiger partial charge in [0.25, 0.3) is 0 Å². The molecule has 0 aromatic rings. The number of carbonyl (C=O) groups excluding carboxylic acids is 1. The Balaban J connectivity index is 2.42. The smallest absolute Gasteiger partial charge is 0.409 e. The number of nitrogens with zero attached hydrogens (tertiary/aromatic N) is 1. The lowest BCUT2D eigenvalue weighted by Gasteiger charge is -2.30. The largest absolute Gasteiger partial charge is 0.448 e. The van der Waals surface area contributed by atoms with Crippen molar-refractivity contribution in [1.82, 2.24) is 4.90 Å². The van der Waals surface area contributed by atoms with Crippen molar-refractivity contribution in [2.75, 3.05) is 19.7 Å². The van der Waals surface area contributed by atoms with E-state index in [1.807, 2.05) is 0 Å². The lowest BCUT2D eigenvalue weighted by molar-refractivity contribution is -0.222.